The zero-order chi connectivity index (χ0) is 26.5. The zero-order valence-electron chi connectivity index (χ0n) is 19.0. The van der Waals surface area contributed by atoms with E-state index in [0.717, 1.165) is 11.1 Å². The van der Waals surface area contributed by atoms with Crippen molar-refractivity contribution in [3.05, 3.63) is 75.3 Å². The van der Waals surface area contributed by atoms with Crippen LogP contribution in [0.4, 0.5) is 14.9 Å². The second kappa shape index (κ2) is 11.6. The third-order valence-corrected chi connectivity index (χ3v) is 6.10. The van der Waals surface area contributed by atoms with E-state index in [2.05, 4.69) is 15.3 Å². The van der Waals surface area contributed by atoms with Gasteiger partial charge in [-0.15, -0.1) is 0 Å². The van der Waals surface area contributed by atoms with Gasteiger partial charge in [0.25, 0.3) is 17.0 Å². The van der Waals surface area contributed by atoms with Crippen molar-refractivity contribution < 1.29 is 28.2 Å². The number of aromatic nitrogens is 2. The average Bonchev–Trinajstić information content (AvgIpc) is 3.11. The minimum absolute atomic E-state index is 0.119. The van der Waals surface area contributed by atoms with E-state index in [9.17, 15) is 18.8 Å². The third-order valence-electron chi connectivity index (χ3n) is 4.76. The number of halogens is 3. The van der Waals surface area contributed by atoms with Crippen molar-refractivity contribution in [2.24, 2.45) is 0 Å². The molecule has 1 saturated heterocycles. The molecule has 0 bridgehead atoms. The Morgan fingerprint density at radius 1 is 1.16 bits per heavy atom. The third kappa shape index (κ3) is 6.56. The molecule has 1 fully saturated rings. The van der Waals surface area contributed by atoms with Crippen LogP contribution in [0, 0.1) is 5.82 Å². The Bertz CT molecular complexity index is 1400. The molecule has 3 aromatic rings. The van der Waals surface area contributed by atoms with Gasteiger partial charge in [0.2, 0.25) is 17.0 Å². The number of carbonyl (C=O) groups excluding carboxylic acids is 3. The van der Waals surface area contributed by atoms with Gasteiger partial charge in [0.15, 0.2) is 11.5 Å². The first-order valence-corrected chi connectivity index (χ1v) is 12.2. The van der Waals surface area contributed by atoms with Gasteiger partial charge in [-0.05, 0) is 78.3 Å². The maximum absolute atomic E-state index is 14.0. The van der Waals surface area contributed by atoms with E-state index >= 15 is 0 Å². The molecule has 4 rings (SSSR count). The number of rotatable bonds is 8. The van der Waals surface area contributed by atoms with Crippen molar-refractivity contribution in [1.82, 2.24) is 14.9 Å². The average molecular weight is 563 g/mol. The monoisotopic (exact) mass is 562 g/mol. The number of anilines is 1. The minimum atomic E-state index is -0.815. The van der Waals surface area contributed by atoms with Crippen LogP contribution >= 0.6 is 35.0 Å². The van der Waals surface area contributed by atoms with Crippen LogP contribution in [0.1, 0.15) is 12.5 Å². The number of nitrogens with one attached hydrogen (secondary N) is 1. The van der Waals surface area contributed by atoms with Crippen molar-refractivity contribution in [2.75, 3.05) is 18.5 Å². The van der Waals surface area contributed by atoms with Crippen LogP contribution in [0.25, 0.3) is 6.08 Å². The number of thioether (sulfide) groups is 1. The summed E-state index contributed by atoms with van der Waals surface area (Å²) in [4.78, 5) is 45.9. The van der Waals surface area contributed by atoms with E-state index in [1.807, 2.05) is 0 Å². The molecule has 0 spiro atoms. The largest absolute Gasteiger partial charge is 0.490 e. The normalized spacial score (nSPS) is 14.3. The molecule has 190 valence electrons. The first-order chi connectivity index (χ1) is 17.7. The number of carbonyl (C=O) groups is 3. The Balaban J connectivity index is 1.49. The van der Waals surface area contributed by atoms with E-state index < -0.39 is 29.4 Å². The van der Waals surface area contributed by atoms with E-state index in [1.165, 1.54) is 12.1 Å². The Labute approximate surface area is 224 Å². The summed E-state index contributed by atoms with van der Waals surface area (Å²) in [5, 5.41) is 2.35. The van der Waals surface area contributed by atoms with Crippen LogP contribution in [0.5, 0.6) is 17.4 Å². The molecule has 3 amide bonds. The molecule has 2 aromatic carbocycles. The Morgan fingerprint density at radius 3 is 2.65 bits per heavy atom. The molecule has 0 atom stereocenters. The smallest absolute Gasteiger partial charge is 0.294 e. The SMILES string of the molecule is CCOc1cc(/C=C2/SC(=O)N(CC(=O)Nc3ccc(Cl)cc3)C2=O)ccc1Oc1nc(Cl)ncc1F. The lowest BCUT2D eigenvalue weighted by atomic mass is 10.2. The van der Waals surface area contributed by atoms with E-state index in [4.69, 9.17) is 32.7 Å². The maximum Gasteiger partial charge on any atom is 0.294 e. The molecule has 9 nitrogen and oxygen atoms in total. The van der Waals surface area contributed by atoms with Gasteiger partial charge in [0.1, 0.15) is 6.54 Å². The van der Waals surface area contributed by atoms with Crippen LogP contribution in [-0.2, 0) is 9.59 Å². The summed E-state index contributed by atoms with van der Waals surface area (Å²) in [5.74, 6) is -1.96. The Kier molecular flexibility index (Phi) is 8.27. The molecule has 0 unspecified atom stereocenters. The molecule has 1 aliphatic heterocycles. The molecule has 1 aromatic heterocycles. The number of imide groups is 1. The van der Waals surface area contributed by atoms with Crippen molar-refractivity contribution in [3.8, 4) is 17.4 Å². The predicted octanol–water partition coefficient (Wildman–Crippen LogP) is 5.79. The highest BCUT2D eigenvalue weighted by atomic mass is 35.5. The molecule has 0 aliphatic carbocycles. The highest BCUT2D eigenvalue weighted by Gasteiger charge is 2.36. The lowest BCUT2D eigenvalue weighted by Gasteiger charge is -2.13. The van der Waals surface area contributed by atoms with E-state index in [1.54, 1.807) is 43.3 Å². The van der Waals surface area contributed by atoms with Crippen molar-refractivity contribution in [3.63, 3.8) is 0 Å². The standard InChI is InChI=1S/C24H17Cl2FN4O5S/c1-2-35-18-9-13(3-8-17(18)36-21-16(27)11-28-23(26)30-21)10-19-22(33)31(24(34)37-19)12-20(32)29-15-6-4-14(25)5-7-15/h3-11H,2,12H2,1H3,(H,29,32)/b19-10+. The molecule has 0 saturated carbocycles. The van der Waals surface area contributed by atoms with Crippen LogP contribution in [0.2, 0.25) is 10.3 Å². The molecule has 0 radical (unpaired) electrons. The zero-order valence-corrected chi connectivity index (χ0v) is 21.4. The molecular formula is C24H17Cl2FN4O5S. The first kappa shape index (κ1) is 26.4. The fourth-order valence-corrected chi connectivity index (χ4v) is 4.23. The summed E-state index contributed by atoms with van der Waals surface area (Å²) < 4.78 is 25.1. The number of ether oxygens (including phenoxy) is 2. The fraction of sp³-hybridized carbons (Fsp3) is 0.125. The summed E-state index contributed by atoms with van der Waals surface area (Å²) in [6, 6.07) is 11.0. The lowest BCUT2D eigenvalue weighted by Crippen LogP contribution is -2.36. The molecule has 1 aliphatic rings. The van der Waals surface area contributed by atoms with Crippen molar-refractivity contribution in [2.45, 2.75) is 6.92 Å². The lowest BCUT2D eigenvalue weighted by molar-refractivity contribution is -0.127. The van der Waals surface area contributed by atoms with E-state index in [-0.39, 0.29) is 34.2 Å². The number of benzene rings is 2. The number of hydrogen-bond donors (Lipinski definition) is 1. The van der Waals surface area contributed by atoms with Gasteiger partial charge in [0, 0.05) is 10.7 Å². The van der Waals surface area contributed by atoms with Crippen LogP contribution in [0.15, 0.2) is 53.6 Å². The highest BCUT2D eigenvalue weighted by molar-refractivity contribution is 8.18. The molecule has 2 heterocycles. The van der Waals surface area contributed by atoms with Gasteiger partial charge in [-0.2, -0.15) is 9.37 Å². The number of hydrogen-bond acceptors (Lipinski definition) is 8. The summed E-state index contributed by atoms with van der Waals surface area (Å²) in [6.07, 6.45) is 2.36. The van der Waals surface area contributed by atoms with E-state index in [0.29, 0.717) is 28.0 Å². The van der Waals surface area contributed by atoms with Gasteiger partial charge in [-0.1, -0.05) is 17.7 Å². The van der Waals surface area contributed by atoms with Gasteiger partial charge in [-0.25, -0.2) is 4.98 Å². The highest BCUT2D eigenvalue weighted by Crippen LogP contribution is 2.36. The Morgan fingerprint density at radius 2 is 1.92 bits per heavy atom. The molecular weight excluding hydrogens is 546 g/mol. The fourth-order valence-electron chi connectivity index (χ4n) is 3.14. The van der Waals surface area contributed by atoms with Gasteiger partial charge in [-0.3, -0.25) is 19.3 Å². The van der Waals surface area contributed by atoms with Crippen molar-refractivity contribution in [1.29, 1.82) is 0 Å². The maximum atomic E-state index is 14.0. The molecule has 37 heavy (non-hydrogen) atoms. The van der Waals surface area contributed by atoms with Gasteiger partial charge in [0.05, 0.1) is 17.7 Å². The van der Waals surface area contributed by atoms with Gasteiger partial charge >= 0.3 is 0 Å². The van der Waals surface area contributed by atoms with Crippen LogP contribution in [-0.4, -0.2) is 45.1 Å². The van der Waals surface area contributed by atoms with Gasteiger partial charge < -0.3 is 14.8 Å². The van der Waals surface area contributed by atoms with Crippen LogP contribution < -0.4 is 14.8 Å². The second-order valence-electron chi connectivity index (χ2n) is 7.36. The minimum Gasteiger partial charge on any atom is -0.490 e. The Hall–Kier alpha value is -3.67. The first-order valence-electron chi connectivity index (χ1n) is 10.7. The topological polar surface area (TPSA) is 111 Å². The summed E-state index contributed by atoms with van der Waals surface area (Å²) in [7, 11) is 0. The second-order valence-corrected chi connectivity index (χ2v) is 9.12. The van der Waals surface area contributed by atoms with Crippen LogP contribution in [0.3, 0.4) is 0 Å². The van der Waals surface area contributed by atoms with Crippen molar-refractivity contribution >= 4 is 63.8 Å². The predicted molar refractivity (Wildman–Crippen MR) is 137 cm³/mol. The quantitative estimate of drug-likeness (QED) is 0.271. The molecule has 1 N–H and O–H groups in total. The molecule has 13 heteroatoms. The number of nitrogens with zero attached hydrogens (tertiary/aromatic N) is 3. The summed E-state index contributed by atoms with van der Waals surface area (Å²) in [5.41, 5.74) is 0.986. The number of amides is 3. The summed E-state index contributed by atoms with van der Waals surface area (Å²) in [6.45, 7) is 1.57. The summed E-state index contributed by atoms with van der Waals surface area (Å²) >= 11 is 12.3.